The molecular formula is C10H12NO2-. The molecule has 0 fully saturated rings. The first-order valence-electron chi connectivity index (χ1n) is 4.09. The fourth-order valence-corrected chi connectivity index (χ4v) is 1.05. The van der Waals surface area contributed by atoms with Crippen molar-refractivity contribution in [2.45, 2.75) is 19.4 Å². The van der Waals surface area contributed by atoms with Crippen molar-refractivity contribution in [1.29, 1.82) is 0 Å². The molecule has 0 spiro atoms. The molecule has 3 heteroatoms. The zero-order chi connectivity index (χ0) is 9.84. The number of hydrogen-bond acceptors (Lipinski definition) is 1. The summed E-state index contributed by atoms with van der Waals surface area (Å²) < 4.78 is 0. The molecule has 3 nitrogen and oxygen atoms in total. The summed E-state index contributed by atoms with van der Waals surface area (Å²) in [4.78, 5) is 10.4. The lowest BCUT2D eigenvalue weighted by molar-refractivity contribution is -0.137. The van der Waals surface area contributed by atoms with Crippen LogP contribution in [0.25, 0.3) is 5.73 Å². The van der Waals surface area contributed by atoms with Gasteiger partial charge in [0, 0.05) is 0 Å². The maximum absolute atomic E-state index is 10.4. The highest BCUT2D eigenvalue weighted by atomic mass is 16.4. The van der Waals surface area contributed by atoms with E-state index in [-0.39, 0.29) is 6.42 Å². The van der Waals surface area contributed by atoms with Crippen molar-refractivity contribution in [3.05, 3.63) is 41.1 Å². The third kappa shape index (κ3) is 2.87. The second-order valence-corrected chi connectivity index (χ2v) is 3.08. The van der Waals surface area contributed by atoms with Crippen LogP contribution in [0.5, 0.6) is 0 Å². The smallest absolute Gasteiger partial charge is 0.285 e. The van der Waals surface area contributed by atoms with E-state index in [0.29, 0.717) is 0 Å². The molecule has 0 heterocycles. The van der Waals surface area contributed by atoms with Crippen LogP contribution in [0.3, 0.4) is 0 Å². The standard InChI is InChI=1S/C10H12NO2/c1-7-2-4-8(5-3-7)6-9(11)10(12)13/h2-5,9,11H,6H2,1H3,(H,12,13)/q-1. The van der Waals surface area contributed by atoms with E-state index >= 15 is 0 Å². The van der Waals surface area contributed by atoms with Crippen molar-refractivity contribution in [2.75, 3.05) is 0 Å². The summed E-state index contributed by atoms with van der Waals surface area (Å²) >= 11 is 0. The van der Waals surface area contributed by atoms with Gasteiger partial charge in [-0.1, -0.05) is 29.8 Å². The zero-order valence-corrected chi connectivity index (χ0v) is 7.45. The van der Waals surface area contributed by atoms with Crippen molar-refractivity contribution in [3.8, 4) is 0 Å². The van der Waals surface area contributed by atoms with E-state index in [1.807, 2.05) is 31.2 Å². The van der Waals surface area contributed by atoms with Crippen molar-refractivity contribution >= 4 is 5.97 Å². The Hall–Kier alpha value is -1.35. The Kier molecular flexibility index (Phi) is 3.03. The highest BCUT2D eigenvalue weighted by Gasteiger charge is 2.04. The van der Waals surface area contributed by atoms with Gasteiger partial charge in [-0.25, -0.2) is 0 Å². The molecule has 2 N–H and O–H groups in total. The number of carboxylic acids is 1. The van der Waals surface area contributed by atoms with Crippen molar-refractivity contribution < 1.29 is 9.90 Å². The minimum atomic E-state index is -1.07. The Balaban J connectivity index is 2.64. The molecule has 1 aromatic rings. The molecule has 1 rings (SSSR count). The average Bonchev–Trinajstić information content (AvgIpc) is 2.08. The summed E-state index contributed by atoms with van der Waals surface area (Å²) in [6.07, 6.45) is 0.273. The first kappa shape index (κ1) is 9.74. The van der Waals surface area contributed by atoms with Gasteiger partial charge in [0.15, 0.2) is 0 Å². The first-order chi connectivity index (χ1) is 6.09. The van der Waals surface area contributed by atoms with Crippen LogP contribution < -0.4 is 0 Å². The fraction of sp³-hybridized carbons (Fsp3) is 0.300. The van der Waals surface area contributed by atoms with Gasteiger partial charge in [-0.05, 0) is 24.9 Å². The second-order valence-electron chi connectivity index (χ2n) is 3.08. The normalized spacial score (nSPS) is 12.5. The van der Waals surface area contributed by atoms with Gasteiger partial charge < -0.3 is 10.8 Å². The summed E-state index contributed by atoms with van der Waals surface area (Å²) in [5.74, 6) is -1.07. The lowest BCUT2D eigenvalue weighted by Crippen LogP contribution is -2.17. The topological polar surface area (TPSA) is 61.1 Å². The Morgan fingerprint density at radius 2 is 2.00 bits per heavy atom. The molecule has 0 saturated carbocycles. The first-order valence-corrected chi connectivity index (χ1v) is 4.09. The van der Waals surface area contributed by atoms with Crippen LogP contribution in [0, 0.1) is 6.92 Å². The van der Waals surface area contributed by atoms with Crippen LogP contribution in [-0.4, -0.2) is 17.1 Å². The molecule has 1 aromatic carbocycles. The van der Waals surface area contributed by atoms with Gasteiger partial charge >= 0.3 is 0 Å². The van der Waals surface area contributed by atoms with E-state index in [4.69, 9.17) is 10.8 Å². The van der Waals surface area contributed by atoms with Crippen LogP contribution in [-0.2, 0) is 11.2 Å². The number of aryl methyl sites for hydroxylation is 1. The second kappa shape index (κ2) is 4.05. The molecule has 0 bridgehead atoms. The van der Waals surface area contributed by atoms with E-state index in [0.717, 1.165) is 11.1 Å². The Morgan fingerprint density at radius 1 is 1.46 bits per heavy atom. The molecule has 0 amide bonds. The molecule has 13 heavy (non-hydrogen) atoms. The minimum Gasteiger partial charge on any atom is -0.665 e. The van der Waals surface area contributed by atoms with Crippen LogP contribution in [0.4, 0.5) is 0 Å². The largest absolute Gasteiger partial charge is 0.665 e. The highest BCUT2D eigenvalue weighted by molar-refractivity contribution is 5.75. The summed E-state index contributed by atoms with van der Waals surface area (Å²) in [7, 11) is 0. The third-order valence-electron chi connectivity index (χ3n) is 1.86. The molecule has 0 aliphatic heterocycles. The molecule has 0 saturated heterocycles. The van der Waals surface area contributed by atoms with Gasteiger partial charge in [0.05, 0.1) is 0 Å². The average molecular weight is 178 g/mol. The number of hydrogen-bond donors (Lipinski definition) is 1. The van der Waals surface area contributed by atoms with Crippen molar-refractivity contribution in [2.24, 2.45) is 0 Å². The summed E-state index contributed by atoms with van der Waals surface area (Å²) in [5.41, 5.74) is 9.25. The van der Waals surface area contributed by atoms with E-state index in [1.54, 1.807) is 0 Å². The lowest BCUT2D eigenvalue weighted by Gasteiger charge is -2.14. The number of benzene rings is 1. The Bertz CT molecular complexity index is 292. The quantitative estimate of drug-likeness (QED) is 0.769. The number of carbonyl (C=O) groups is 1. The summed E-state index contributed by atoms with van der Waals surface area (Å²) in [6.45, 7) is 1.97. The van der Waals surface area contributed by atoms with Gasteiger partial charge in [-0.3, -0.25) is 4.79 Å². The van der Waals surface area contributed by atoms with Gasteiger partial charge in [-0.15, -0.1) is 0 Å². The van der Waals surface area contributed by atoms with E-state index < -0.39 is 12.0 Å². The number of carboxylic acid groups (broad SMARTS) is 1. The molecule has 1 unspecified atom stereocenters. The molecule has 0 radical (unpaired) electrons. The van der Waals surface area contributed by atoms with Crippen molar-refractivity contribution in [1.82, 2.24) is 0 Å². The van der Waals surface area contributed by atoms with Crippen LogP contribution in [0.15, 0.2) is 24.3 Å². The number of rotatable bonds is 3. The maximum Gasteiger partial charge on any atom is 0.285 e. The monoisotopic (exact) mass is 178 g/mol. The van der Waals surface area contributed by atoms with E-state index in [2.05, 4.69) is 0 Å². The summed E-state index contributed by atoms with van der Waals surface area (Å²) in [6, 6.07) is 6.51. The highest BCUT2D eigenvalue weighted by Crippen LogP contribution is 2.07. The van der Waals surface area contributed by atoms with E-state index in [9.17, 15) is 4.79 Å². The zero-order valence-electron chi connectivity index (χ0n) is 7.45. The maximum atomic E-state index is 10.4. The predicted molar refractivity (Wildman–Crippen MR) is 50.6 cm³/mol. The van der Waals surface area contributed by atoms with Gasteiger partial charge in [-0.2, -0.15) is 0 Å². The van der Waals surface area contributed by atoms with E-state index in [1.165, 1.54) is 0 Å². The Morgan fingerprint density at radius 3 is 2.46 bits per heavy atom. The number of aliphatic carboxylic acids is 1. The van der Waals surface area contributed by atoms with Crippen LogP contribution in [0.1, 0.15) is 11.1 Å². The molecular weight excluding hydrogens is 166 g/mol. The van der Waals surface area contributed by atoms with Crippen LogP contribution in [0.2, 0.25) is 0 Å². The van der Waals surface area contributed by atoms with Crippen LogP contribution >= 0.6 is 0 Å². The molecule has 70 valence electrons. The lowest BCUT2D eigenvalue weighted by atomic mass is 10.1. The molecule has 0 aliphatic carbocycles. The minimum absolute atomic E-state index is 0.273. The SMILES string of the molecule is Cc1ccc(CC([NH-])C(=O)O)cc1. The summed E-state index contributed by atoms with van der Waals surface area (Å²) in [5, 5.41) is 8.51. The molecule has 0 aliphatic rings. The van der Waals surface area contributed by atoms with Gasteiger partial charge in [0.1, 0.15) is 0 Å². The Labute approximate surface area is 77.2 Å². The number of nitrogens with one attached hydrogen (secondary N) is 1. The predicted octanol–water partition coefficient (Wildman–Crippen LogP) is 2.04. The van der Waals surface area contributed by atoms with Crippen molar-refractivity contribution in [3.63, 3.8) is 0 Å². The fourth-order valence-electron chi connectivity index (χ4n) is 1.05. The van der Waals surface area contributed by atoms with Gasteiger partial charge in [0.2, 0.25) is 0 Å². The van der Waals surface area contributed by atoms with Gasteiger partial charge in [0.25, 0.3) is 5.97 Å². The molecule has 1 atom stereocenters. The third-order valence-corrected chi connectivity index (χ3v) is 1.86. The molecule has 0 aromatic heterocycles.